The van der Waals surface area contributed by atoms with Crippen LogP contribution in [-0.2, 0) is 11.3 Å². The van der Waals surface area contributed by atoms with Gasteiger partial charge in [-0.3, -0.25) is 0 Å². The van der Waals surface area contributed by atoms with E-state index in [1.165, 1.54) is 13.2 Å². The number of fused-ring (bicyclic) bond motifs is 3. The number of hydrogen-bond donors (Lipinski definition) is 1. The predicted octanol–water partition coefficient (Wildman–Crippen LogP) is 2.26. The second kappa shape index (κ2) is 9.65. The van der Waals surface area contributed by atoms with Crippen LogP contribution in [0.5, 0.6) is 5.75 Å². The van der Waals surface area contributed by atoms with Crippen molar-refractivity contribution in [3.63, 3.8) is 0 Å². The Labute approximate surface area is 206 Å². The molecule has 5 nitrogen and oxygen atoms in total. The summed E-state index contributed by atoms with van der Waals surface area (Å²) in [4.78, 5) is 15.4. The average Bonchev–Trinajstić information content (AvgIpc) is 3.22. The largest absolute Gasteiger partial charge is 1.00 e. The van der Waals surface area contributed by atoms with Crippen LogP contribution in [0.15, 0.2) is 79.0 Å². The number of H-pyrrole nitrogens is 1. The Morgan fingerprint density at radius 3 is 2.44 bits per heavy atom. The molecule has 0 radical (unpaired) electrons. The van der Waals surface area contributed by atoms with Gasteiger partial charge in [0.2, 0.25) is 5.69 Å². The number of nitrogens with zero attached hydrogens (tertiary/aromatic N) is 1. The molecule has 7 heteroatoms. The highest BCUT2D eigenvalue weighted by molar-refractivity contribution is 6.10. The molecule has 172 valence electrons. The minimum Gasteiger partial charge on any atom is -1.00 e. The topological polar surface area (TPSA) is 55.2 Å². The molecule has 0 amide bonds. The van der Waals surface area contributed by atoms with E-state index in [2.05, 4.69) is 4.98 Å². The van der Waals surface area contributed by atoms with Crippen LogP contribution in [0, 0.1) is 5.82 Å². The standard InChI is InChI=1S/C27H21FN2O3.BrH/c1-32-20-11-12-24-22(15-20)21-13-14-30(16-19-5-3-4-6-23(19)28)26(25(21)29-24)17-7-9-18(10-8-17)27(31)33-2;/h3-15H,16H2,1-2H3;1H. The second-order valence-corrected chi connectivity index (χ2v) is 7.78. The van der Waals surface area contributed by atoms with Gasteiger partial charge in [0.25, 0.3) is 0 Å². The van der Waals surface area contributed by atoms with Gasteiger partial charge in [-0.25, -0.2) is 9.18 Å². The van der Waals surface area contributed by atoms with Crippen molar-refractivity contribution >= 4 is 27.8 Å². The summed E-state index contributed by atoms with van der Waals surface area (Å²) >= 11 is 0. The van der Waals surface area contributed by atoms with Crippen molar-refractivity contribution in [1.82, 2.24) is 4.98 Å². The molecular formula is C27H22BrFN2O3. The number of pyridine rings is 1. The minimum absolute atomic E-state index is 0. The molecule has 0 aliphatic rings. The third kappa shape index (κ3) is 4.15. The number of halogens is 2. The van der Waals surface area contributed by atoms with Crippen molar-refractivity contribution in [2.45, 2.75) is 6.54 Å². The lowest BCUT2D eigenvalue weighted by molar-refractivity contribution is -0.676. The number of aromatic amines is 1. The fourth-order valence-electron chi connectivity index (χ4n) is 4.20. The zero-order valence-corrected chi connectivity index (χ0v) is 20.2. The van der Waals surface area contributed by atoms with E-state index >= 15 is 0 Å². The molecule has 0 spiro atoms. The normalized spacial score (nSPS) is 10.8. The summed E-state index contributed by atoms with van der Waals surface area (Å²) in [5, 5.41) is 2.07. The quantitative estimate of drug-likeness (QED) is 0.285. The maximum atomic E-state index is 14.5. The van der Waals surface area contributed by atoms with Crippen LogP contribution in [0.4, 0.5) is 4.39 Å². The molecule has 5 aromatic rings. The van der Waals surface area contributed by atoms with E-state index in [1.54, 1.807) is 31.4 Å². The third-order valence-corrected chi connectivity index (χ3v) is 5.87. The van der Waals surface area contributed by atoms with Gasteiger partial charge < -0.3 is 31.4 Å². The molecule has 3 aromatic carbocycles. The lowest BCUT2D eigenvalue weighted by Crippen LogP contribution is -3.00. The maximum absolute atomic E-state index is 14.5. The summed E-state index contributed by atoms with van der Waals surface area (Å²) in [5.74, 6) is 0.130. The molecule has 0 unspecified atom stereocenters. The number of nitrogens with one attached hydrogen (secondary N) is 1. The van der Waals surface area contributed by atoms with Crippen molar-refractivity contribution in [1.29, 1.82) is 0 Å². The third-order valence-electron chi connectivity index (χ3n) is 5.87. The van der Waals surface area contributed by atoms with Crippen molar-refractivity contribution in [2.75, 3.05) is 14.2 Å². The first-order valence-corrected chi connectivity index (χ1v) is 10.5. The minimum atomic E-state index is -0.392. The summed E-state index contributed by atoms with van der Waals surface area (Å²) in [6.45, 7) is 0.357. The number of benzene rings is 3. The number of methoxy groups -OCH3 is 2. The number of aromatic nitrogens is 2. The molecule has 2 aromatic heterocycles. The summed E-state index contributed by atoms with van der Waals surface area (Å²) < 4.78 is 26.7. The monoisotopic (exact) mass is 520 g/mol. The highest BCUT2D eigenvalue weighted by atomic mass is 79.9. The molecular weight excluding hydrogens is 499 g/mol. The van der Waals surface area contributed by atoms with E-state index in [-0.39, 0.29) is 22.8 Å². The fraction of sp³-hybridized carbons (Fsp3) is 0.111. The molecule has 0 saturated heterocycles. The first-order valence-electron chi connectivity index (χ1n) is 10.5. The van der Waals surface area contributed by atoms with E-state index in [1.807, 2.05) is 53.2 Å². The molecule has 0 fully saturated rings. The Bertz CT molecular complexity index is 1500. The van der Waals surface area contributed by atoms with Crippen LogP contribution in [0.25, 0.3) is 33.1 Å². The molecule has 1 N–H and O–H groups in total. The first-order chi connectivity index (χ1) is 16.1. The number of hydrogen-bond acceptors (Lipinski definition) is 3. The highest BCUT2D eigenvalue weighted by Crippen LogP contribution is 2.33. The van der Waals surface area contributed by atoms with E-state index in [0.29, 0.717) is 17.7 Å². The predicted molar refractivity (Wildman–Crippen MR) is 125 cm³/mol. The van der Waals surface area contributed by atoms with Gasteiger partial charge in [-0.1, -0.05) is 12.1 Å². The van der Waals surface area contributed by atoms with Crippen LogP contribution in [0.2, 0.25) is 0 Å². The van der Waals surface area contributed by atoms with Gasteiger partial charge in [0.1, 0.15) is 17.1 Å². The number of rotatable bonds is 5. The molecule has 0 aliphatic heterocycles. The number of esters is 1. The van der Waals surface area contributed by atoms with Gasteiger partial charge in [0.15, 0.2) is 12.7 Å². The van der Waals surface area contributed by atoms with Crippen molar-refractivity contribution in [2.24, 2.45) is 0 Å². The summed E-state index contributed by atoms with van der Waals surface area (Å²) in [6.07, 6.45) is 1.96. The summed E-state index contributed by atoms with van der Waals surface area (Å²) in [7, 11) is 3.00. The molecule has 34 heavy (non-hydrogen) atoms. The summed E-state index contributed by atoms with van der Waals surface area (Å²) in [6, 6.07) is 21.9. The SMILES string of the molecule is COC(=O)c1ccc(-c2c3[nH]c4ccc(OC)cc4c3cc[n+]2Cc2ccccc2F)cc1.[Br-]. The Hall–Kier alpha value is -3.71. The van der Waals surface area contributed by atoms with E-state index in [4.69, 9.17) is 9.47 Å². The van der Waals surface area contributed by atoms with Gasteiger partial charge >= 0.3 is 5.97 Å². The lowest BCUT2D eigenvalue weighted by Gasteiger charge is -2.08. The Morgan fingerprint density at radius 2 is 1.74 bits per heavy atom. The van der Waals surface area contributed by atoms with Gasteiger partial charge in [0, 0.05) is 27.9 Å². The molecule has 2 heterocycles. The number of carbonyl (C=O) groups is 1. The average molecular weight is 521 g/mol. The number of carbonyl (C=O) groups excluding carboxylic acids is 1. The van der Waals surface area contributed by atoms with Crippen LogP contribution in [-0.4, -0.2) is 25.2 Å². The molecule has 0 atom stereocenters. The Morgan fingerprint density at radius 1 is 0.971 bits per heavy atom. The van der Waals surface area contributed by atoms with Crippen LogP contribution >= 0.6 is 0 Å². The molecule has 0 aliphatic carbocycles. The van der Waals surface area contributed by atoms with Crippen LogP contribution in [0.3, 0.4) is 0 Å². The van der Waals surface area contributed by atoms with E-state index in [0.717, 1.165) is 38.8 Å². The van der Waals surface area contributed by atoms with E-state index in [9.17, 15) is 9.18 Å². The zero-order chi connectivity index (χ0) is 22.9. The molecule has 5 rings (SSSR count). The smallest absolute Gasteiger partial charge is 0.337 e. The van der Waals surface area contributed by atoms with E-state index < -0.39 is 5.97 Å². The number of ether oxygens (including phenoxy) is 2. The Balaban J connectivity index is 0.00000274. The zero-order valence-electron chi connectivity index (χ0n) is 18.6. The van der Waals surface area contributed by atoms with Crippen molar-refractivity contribution in [3.8, 4) is 17.0 Å². The molecule has 0 saturated carbocycles. The summed E-state index contributed by atoms with van der Waals surface area (Å²) in [5.41, 5.74) is 4.73. The van der Waals surface area contributed by atoms with Crippen LogP contribution < -0.4 is 26.3 Å². The Kier molecular flexibility index (Phi) is 6.65. The van der Waals surface area contributed by atoms with Gasteiger partial charge in [-0.05, 0) is 54.6 Å². The first kappa shape index (κ1) is 23.4. The van der Waals surface area contributed by atoms with Gasteiger partial charge in [-0.2, -0.15) is 4.57 Å². The van der Waals surface area contributed by atoms with Crippen LogP contribution in [0.1, 0.15) is 15.9 Å². The van der Waals surface area contributed by atoms with Gasteiger partial charge in [-0.15, -0.1) is 0 Å². The van der Waals surface area contributed by atoms with Gasteiger partial charge in [0.05, 0.1) is 25.3 Å². The molecule has 0 bridgehead atoms. The van der Waals surface area contributed by atoms with Crippen molar-refractivity contribution < 1.29 is 40.2 Å². The fourth-order valence-corrected chi connectivity index (χ4v) is 4.20. The lowest BCUT2D eigenvalue weighted by atomic mass is 10.0. The van der Waals surface area contributed by atoms with Crippen molar-refractivity contribution in [3.05, 3.63) is 95.9 Å². The highest BCUT2D eigenvalue weighted by Gasteiger charge is 2.22. The maximum Gasteiger partial charge on any atom is 0.337 e. The second-order valence-electron chi connectivity index (χ2n) is 7.78.